The molecule has 1 aromatic carbocycles. The summed E-state index contributed by atoms with van der Waals surface area (Å²) in [7, 11) is 1.58. The SMILES string of the molecule is CCCCC(CCC(=O)S)OCC(CC)Oc1c(OC)ccc2c1COC(C)C2=O. The smallest absolute Gasteiger partial charge is 0.191 e. The van der Waals surface area contributed by atoms with E-state index in [-0.39, 0.29) is 23.1 Å². The van der Waals surface area contributed by atoms with E-state index in [0.29, 0.717) is 43.1 Å². The highest BCUT2D eigenvalue weighted by Crippen LogP contribution is 2.38. The molecule has 1 aliphatic heterocycles. The van der Waals surface area contributed by atoms with Gasteiger partial charge in [-0.15, -0.1) is 12.6 Å². The van der Waals surface area contributed by atoms with Crippen LogP contribution in [0.1, 0.15) is 75.2 Å². The molecular weight excluding hydrogens is 404 g/mol. The van der Waals surface area contributed by atoms with Crippen molar-refractivity contribution in [2.45, 2.75) is 84.2 Å². The molecule has 3 atom stereocenters. The van der Waals surface area contributed by atoms with Crippen molar-refractivity contribution in [2.24, 2.45) is 0 Å². The fraction of sp³-hybridized carbons (Fsp3) is 0.652. The molecule has 1 heterocycles. The van der Waals surface area contributed by atoms with Crippen molar-refractivity contribution in [3.63, 3.8) is 0 Å². The summed E-state index contributed by atoms with van der Waals surface area (Å²) >= 11 is 3.87. The molecule has 0 N–H and O–H groups in total. The molecule has 3 unspecified atom stereocenters. The van der Waals surface area contributed by atoms with Crippen LogP contribution in [0.4, 0.5) is 0 Å². The molecule has 2 rings (SSSR count). The van der Waals surface area contributed by atoms with Gasteiger partial charge in [0.25, 0.3) is 0 Å². The molecule has 0 aromatic heterocycles. The lowest BCUT2D eigenvalue weighted by Crippen LogP contribution is -2.30. The van der Waals surface area contributed by atoms with Crippen LogP contribution in [-0.2, 0) is 20.9 Å². The number of carbonyl (C=O) groups excluding carboxylic acids is 2. The highest BCUT2D eigenvalue weighted by atomic mass is 32.1. The van der Waals surface area contributed by atoms with E-state index < -0.39 is 6.10 Å². The molecule has 1 aromatic rings. The Morgan fingerprint density at radius 2 is 2.03 bits per heavy atom. The molecule has 30 heavy (non-hydrogen) atoms. The summed E-state index contributed by atoms with van der Waals surface area (Å²) in [5, 5.41) is -0.122. The second-order valence-electron chi connectivity index (χ2n) is 7.62. The lowest BCUT2D eigenvalue weighted by Gasteiger charge is -2.28. The number of Topliss-reactive ketones (excluding diaryl/α,β-unsaturated/α-hetero) is 1. The van der Waals surface area contributed by atoms with Crippen molar-refractivity contribution in [1.82, 2.24) is 0 Å². The van der Waals surface area contributed by atoms with Gasteiger partial charge in [0, 0.05) is 17.5 Å². The topological polar surface area (TPSA) is 71.1 Å². The zero-order valence-electron chi connectivity index (χ0n) is 18.4. The number of fused-ring (bicyclic) bond motifs is 1. The molecule has 7 heteroatoms. The molecular formula is C23H34O6S. The number of carbonyl (C=O) groups is 2. The number of unbranched alkanes of at least 4 members (excludes halogenated alkanes) is 1. The van der Waals surface area contributed by atoms with Crippen LogP contribution in [0.2, 0.25) is 0 Å². The van der Waals surface area contributed by atoms with Crippen molar-refractivity contribution in [3.05, 3.63) is 23.3 Å². The van der Waals surface area contributed by atoms with Gasteiger partial charge in [-0.05, 0) is 38.3 Å². The van der Waals surface area contributed by atoms with E-state index in [1.54, 1.807) is 26.2 Å². The van der Waals surface area contributed by atoms with E-state index in [1.807, 2.05) is 6.92 Å². The van der Waals surface area contributed by atoms with Crippen molar-refractivity contribution in [1.29, 1.82) is 0 Å². The molecule has 0 bridgehead atoms. The second kappa shape index (κ2) is 12.3. The van der Waals surface area contributed by atoms with E-state index in [2.05, 4.69) is 19.6 Å². The number of thiol groups is 1. The number of ether oxygens (including phenoxy) is 4. The minimum Gasteiger partial charge on any atom is -0.493 e. The normalized spacial score (nSPS) is 17.9. The maximum atomic E-state index is 12.5. The predicted octanol–water partition coefficient (Wildman–Crippen LogP) is 4.77. The van der Waals surface area contributed by atoms with Crippen LogP contribution in [-0.4, -0.2) is 42.9 Å². The Kier molecular flexibility index (Phi) is 10.1. The van der Waals surface area contributed by atoms with Gasteiger partial charge in [-0.2, -0.15) is 0 Å². The fourth-order valence-corrected chi connectivity index (χ4v) is 3.58. The van der Waals surface area contributed by atoms with Crippen molar-refractivity contribution >= 4 is 23.5 Å². The Bertz CT molecular complexity index is 720. The van der Waals surface area contributed by atoms with Gasteiger partial charge in [0.2, 0.25) is 0 Å². The first kappa shape index (κ1) is 24.7. The molecule has 0 saturated heterocycles. The van der Waals surface area contributed by atoms with Crippen LogP contribution in [0.15, 0.2) is 12.1 Å². The summed E-state index contributed by atoms with van der Waals surface area (Å²) in [6.45, 7) is 6.61. The van der Waals surface area contributed by atoms with E-state index in [1.165, 1.54) is 0 Å². The lowest BCUT2D eigenvalue weighted by molar-refractivity contribution is -0.111. The standard InChI is InChI=1S/C23H34O6S/c1-5-7-8-17(9-12-21(24)30)28-13-16(6-2)29-23-19-14-27-15(3)22(25)18(19)10-11-20(23)26-4/h10-11,15-17H,5-9,12-14H2,1-4H3,(H,24,30). The Balaban J connectivity index is 2.12. The Morgan fingerprint density at radius 1 is 1.27 bits per heavy atom. The monoisotopic (exact) mass is 438 g/mol. The van der Waals surface area contributed by atoms with Crippen molar-refractivity contribution in [3.8, 4) is 11.5 Å². The molecule has 0 fully saturated rings. The van der Waals surface area contributed by atoms with Gasteiger partial charge in [0.1, 0.15) is 12.2 Å². The molecule has 0 spiro atoms. The van der Waals surface area contributed by atoms with Gasteiger partial charge in [0.15, 0.2) is 22.4 Å². The van der Waals surface area contributed by atoms with E-state index in [4.69, 9.17) is 18.9 Å². The number of ketones is 1. The fourth-order valence-electron chi connectivity index (χ4n) is 3.45. The molecule has 0 amide bonds. The zero-order chi connectivity index (χ0) is 22.1. The molecule has 6 nitrogen and oxygen atoms in total. The van der Waals surface area contributed by atoms with Crippen LogP contribution in [0.5, 0.6) is 11.5 Å². The highest BCUT2D eigenvalue weighted by molar-refractivity contribution is 7.96. The summed E-state index contributed by atoms with van der Waals surface area (Å²) in [6, 6.07) is 3.54. The van der Waals surface area contributed by atoms with Gasteiger partial charge in [-0.25, -0.2) is 0 Å². The highest BCUT2D eigenvalue weighted by Gasteiger charge is 2.30. The molecule has 1 aliphatic rings. The Hall–Kier alpha value is -1.57. The zero-order valence-corrected chi connectivity index (χ0v) is 19.3. The molecule has 0 saturated carbocycles. The van der Waals surface area contributed by atoms with Crippen LogP contribution in [0.3, 0.4) is 0 Å². The van der Waals surface area contributed by atoms with E-state index in [9.17, 15) is 9.59 Å². The summed E-state index contributed by atoms with van der Waals surface area (Å²) in [4.78, 5) is 23.7. The minimum absolute atomic E-state index is 0.00366. The Labute approximate surface area is 185 Å². The molecule has 0 radical (unpaired) electrons. The van der Waals surface area contributed by atoms with Gasteiger partial charge in [-0.1, -0.05) is 26.7 Å². The number of rotatable bonds is 13. The van der Waals surface area contributed by atoms with Crippen LogP contribution in [0, 0.1) is 0 Å². The van der Waals surface area contributed by atoms with Gasteiger partial charge in [-0.3, -0.25) is 9.59 Å². The number of hydrogen-bond donors (Lipinski definition) is 1. The maximum Gasteiger partial charge on any atom is 0.191 e. The average molecular weight is 439 g/mol. The lowest BCUT2D eigenvalue weighted by atomic mass is 9.97. The van der Waals surface area contributed by atoms with Crippen LogP contribution < -0.4 is 9.47 Å². The quantitative estimate of drug-likeness (QED) is 0.448. The summed E-state index contributed by atoms with van der Waals surface area (Å²) in [5.74, 6) is 1.06. The van der Waals surface area contributed by atoms with E-state index in [0.717, 1.165) is 31.2 Å². The third-order valence-electron chi connectivity index (χ3n) is 5.37. The van der Waals surface area contributed by atoms with E-state index >= 15 is 0 Å². The van der Waals surface area contributed by atoms with Gasteiger partial charge < -0.3 is 18.9 Å². The maximum absolute atomic E-state index is 12.5. The largest absolute Gasteiger partial charge is 0.493 e. The summed E-state index contributed by atoms with van der Waals surface area (Å²) < 4.78 is 23.5. The summed E-state index contributed by atoms with van der Waals surface area (Å²) in [6.07, 6.45) is 4.12. The third-order valence-corrected chi connectivity index (χ3v) is 5.60. The van der Waals surface area contributed by atoms with Crippen LogP contribution in [0.25, 0.3) is 0 Å². The molecule has 0 aliphatic carbocycles. The van der Waals surface area contributed by atoms with Crippen LogP contribution >= 0.6 is 12.6 Å². The Morgan fingerprint density at radius 3 is 2.67 bits per heavy atom. The van der Waals surface area contributed by atoms with Gasteiger partial charge >= 0.3 is 0 Å². The first-order valence-corrected chi connectivity index (χ1v) is 11.2. The number of benzene rings is 1. The van der Waals surface area contributed by atoms with Crippen molar-refractivity contribution < 1.29 is 28.5 Å². The average Bonchev–Trinajstić information content (AvgIpc) is 2.74. The summed E-state index contributed by atoms with van der Waals surface area (Å²) in [5.41, 5.74) is 1.34. The molecule has 168 valence electrons. The first-order chi connectivity index (χ1) is 14.4. The van der Waals surface area contributed by atoms with Crippen molar-refractivity contribution in [2.75, 3.05) is 13.7 Å². The number of hydrogen-bond acceptors (Lipinski definition) is 6. The minimum atomic E-state index is -0.460. The number of methoxy groups -OCH3 is 1. The predicted molar refractivity (Wildman–Crippen MR) is 119 cm³/mol. The van der Waals surface area contributed by atoms with Gasteiger partial charge in [0.05, 0.1) is 26.4 Å². The second-order valence-corrected chi connectivity index (χ2v) is 8.12. The third kappa shape index (κ3) is 6.72. The first-order valence-electron chi connectivity index (χ1n) is 10.8.